The molecule has 1 saturated carbocycles. The van der Waals surface area contributed by atoms with Crippen molar-refractivity contribution >= 4 is 51.1 Å². The summed E-state index contributed by atoms with van der Waals surface area (Å²) in [6.07, 6.45) is 5.05. The number of fused-ring (bicyclic) bond motifs is 14. The number of rotatable bonds is 1. The number of para-hydroxylation sites is 1. The van der Waals surface area contributed by atoms with Crippen molar-refractivity contribution < 1.29 is 0 Å². The van der Waals surface area contributed by atoms with Gasteiger partial charge in [-0.1, -0.05) is 142 Å². The molecule has 0 N–H and O–H groups in total. The van der Waals surface area contributed by atoms with Crippen molar-refractivity contribution in [2.24, 2.45) is 0 Å². The van der Waals surface area contributed by atoms with Gasteiger partial charge in [0.2, 0.25) is 6.71 Å². The van der Waals surface area contributed by atoms with Gasteiger partial charge in [0.25, 0.3) is 0 Å². The molecule has 0 spiro atoms. The fraction of sp³-hybridized carbons (Fsp3) is 0.261. The smallest absolute Gasteiger partial charge is 0.245 e. The van der Waals surface area contributed by atoms with E-state index in [1.165, 1.54) is 92.4 Å². The minimum atomic E-state index is -0.122. The van der Waals surface area contributed by atoms with E-state index in [0.717, 1.165) is 0 Å². The standard InChI is InChI=1S/C46H39BN2/c1-44(2)33-22-12-10-21-31(33)41-43(44)47-37-36(27-16-6-5-7-17-27)29-19-8-9-20-30(29)39(37)48-35-23-13-11-18-28(35)32-26-34-42(38(47)40(32)48)49(41)46(4)25-15-14-24-45(34,46)3/h5-13,16-23,26,36H,14-15,24-25H2,1-4H3. The molecule has 3 aliphatic carbocycles. The summed E-state index contributed by atoms with van der Waals surface area (Å²) in [7, 11) is 0. The van der Waals surface area contributed by atoms with Gasteiger partial charge in [0.05, 0.1) is 16.6 Å². The monoisotopic (exact) mass is 630 g/mol. The van der Waals surface area contributed by atoms with E-state index in [-0.39, 0.29) is 29.0 Å². The zero-order valence-electron chi connectivity index (χ0n) is 28.8. The molecule has 49 heavy (non-hydrogen) atoms. The molecule has 12 rings (SSSR count). The van der Waals surface area contributed by atoms with E-state index in [9.17, 15) is 0 Å². The average Bonchev–Trinajstić information content (AvgIpc) is 3.78. The van der Waals surface area contributed by atoms with Gasteiger partial charge in [-0.25, -0.2) is 0 Å². The van der Waals surface area contributed by atoms with Crippen molar-refractivity contribution in [2.45, 2.75) is 75.7 Å². The van der Waals surface area contributed by atoms with Crippen LogP contribution in [0.25, 0.3) is 33.2 Å². The Morgan fingerprint density at radius 3 is 2.24 bits per heavy atom. The van der Waals surface area contributed by atoms with Crippen LogP contribution in [0.1, 0.15) is 92.7 Å². The van der Waals surface area contributed by atoms with E-state index in [1.807, 2.05) is 0 Å². The van der Waals surface area contributed by atoms with Crippen LogP contribution in [-0.2, 0) is 10.8 Å². The van der Waals surface area contributed by atoms with E-state index in [1.54, 1.807) is 22.0 Å². The minimum absolute atomic E-state index is 0.00867. The lowest BCUT2D eigenvalue weighted by Crippen LogP contribution is -2.58. The molecule has 5 aromatic carbocycles. The van der Waals surface area contributed by atoms with Gasteiger partial charge >= 0.3 is 0 Å². The molecule has 3 aliphatic heterocycles. The van der Waals surface area contributed by atoms with Crippen LogP contribution in [0, 0.1) is 0 Å². The van der Waals surface area contributed by atoms with Crippen LogP contribution in [0.15, 0.2) is 120 Å². The first-order chi connectivity index (χ1) is 23.9. The predicted molar refractivity (Wildman–Crippen MR) is 205 cm³/mol. The van der Waals surface area contributed by atoms with Crippen molar-refractivity contribution in [3.8, 4) is 0 Å². The van der Waals surface area contributed by atoms with Gasteiger partial charge in [-0.05, 0) is 59.6 Å². The lowest BCUT2D eigenvalue weighted by Gasteiger charge is -2.52. The molecule has 3 atom stereocenters. The summed E-state index contributed by atoms with van der Waals surface area (Å²) in [4.78, 5) is 2.95. The first kappa shape index (κ1) is 27.1. The highest BCUT2D eigenvalue weighted by Crippen LogP contribution is 2.67. The van der Waals surface area contributed by atoms with E-state index in [0.29, 0.717) is 0 Å². The quantitative estimate of drug-likeness (QED) is 0.164. The minimum Gasteiger partial charge on any atom is -0.335 e. The van der Waals surface area contributed by atoms with Crippen LogP contribution in [0.5, 0.6) is 0 Å². The van der Waals surface area contributed by atoms with Crippen molar-refractivity contribution in [1.29, 1.82) is 0 Å². The molecule has 236 valence electrons. The van der Waals surface area contributed by atoms with E-state index < -0.39 is 0 Å². The maximum absolute atomic E-state index is 2.95. The third-order valence-electron chi connectivity index (χ3n) is 14.4. The Morgan fingerprint density at radius 1 is 0.673 bits per heavy atom. The van der Waals surface area contributed by atoms with Crippen LogP contribution >= 0.6 is 0 Å². The highest BCUT2D eigenvalue weighted by Gasteiger charge is 2.65. The molecule has 1 aromatic heterocycles. The highest BCUT2D eigenvalue weighted by molar-refractivity contribution is 6.92. The van der Waals surface area contributed by atoms with Crippen molar-refractivity contribution in [2.75, 3.05) is 4.90 Å². The van der Waals surface area contributed by atoms with Crippen LogP contribution in [0.4, 0.5) is 5.69 Å². The number of anilines is 1. The summed E-state index contributed by atoms with van der Waals surface area (Å²) in [6, 6.07) is 42.1. The molecule has 0 bridgehead atoms. The first-order valence-electron chi connectivity index (χ1n) is 18.5. The second-order valence-electron chi connectivity index (χ2n) is 16.7. The maximum atomic E-state index is 2.95. The van der Waals surface area contributed by atoms with Gasteiger partial charge in [-0.2, -0.15) is 0 Å². The lowest BCUT2D eigenvalue weighted by atomic mass is 9.28. The van der Waals surface area contributed by atoms with Gasteiger partial charge in [0.15, 0.2) is 0 Å². The first-order valence-corrected chi connectivity index (χ1v) is 18.5. The van der Waals surface area contributed by atoms with Gasteiger partial charge < -0.3 is 9.47 Å². The zero-order valence-corrected chi connectivity index (χ0v) is 28.8. The second-order valence-corrected chi connectivity index (χ2v) is 16.7. The molecule has 4 heterocycles. The largest absolute Gasteiger partial charge is 0.335 e. The van der Waals surface area contributed by atoms with Crippen molar-refractivity contribution in [3.05, 3.63) is 154 Å². The Morgan fingerprint density at radius 2 is 1.39 bits per heavy atom. The molecule has 0 saturated heterocycles. The maximum Gasteiger partial charge on any atom is 0.245 e. The summed E-state index contributed by atoms with van der Waals surface area (Å²) < 4.78 is 2.72. The zero-order chi connectivity index (χ0) is 32.6. The molecule has 0 radical (unpaired) electrons. The van der Waals surface area contributed by atoms with Crippen LogP contribution in [0.2, 0.25) is 0 Å². The molecule has 6 aromatic rings. The molecule has 2 nitrogen and oxygen atoms in total. The predicted octanol–water partition coefficient (Wildman–Crippen LogP) is 10.1. The molecule has 0 amide bonds. The van der Waals surface area contributed by atoms with E-state index in [2.05, 4.69) is 146 Å². The summed E-state index contributed by atoms with van der Waals surface area (Å²) in [5, 5.41) is 2.83. The summed E-state index contributed by atoms with van der Waals surface area (Å²) in [6.45, 7) is 10.5. The van der Waals surface area contributed by atoms with Crippen LogP contribution in [-0.4, -0.2) is 16.8 Å². The van der Waals surface area contributed by atoms with Gasteiger partial charge in [-0.3, -0.25) is 0 Å². The summed E-state index contributed by atoms with van der Waals surface area (Å²) in [5.74, 6) is 0.187. The Kier molecular flexibility index (Phi) is 4.71. The number of hydrogen-bond donors (Lipinski definition) is 0. The number of nitrogens with zero attached hydrogens (tertiary/aromatic N) is 2. The lowest BCUT2D eigenvalue weighted by molar-refractivity contribution is 0.195. The summed E-state index contributed by atoms with van der Waals surface area (Å²) >= 11 is 0. The molecule has 6 aliphatic rings. The number of benzene rings is 5. The fourth-order valence-electron chi connectivity index (χ4n) is 12.2. The SMILES string of the molecule is CC1(C)C2=C(c3ccccc31)N1c3c(cc4c5ccccc5n5c4c3B2C2=C5c3ccccc3C2c2ccccc2)C2(C)CCCCC12C. The number of allylic oxidation sites excluding steroid dienone is 2. The highest BCUT2D eigenvalue weighted by atomic mass is 15.3. The molecule has 1 fully saturated rings. The molecule has 3 unspecified atom stereocenters. The fourth-order valence-corrected chi connectivity index (χ4v) is 12.2. The van der Waals surface area contributed by atoms with Gasteiger partial charge in [0, 0.05) is 55.7 Å². The van der Waals surface area contributed by atoms with E-state index in [4.69, 9.17) is 0 Å². The van der Waals surface area contributed by atoms with E-state index >= 15 is 0 Å². The molecular weight excluding hydrogens is 591 g/mol. The summed E-state index contributed by atoms with van der Waals surface area (Å²) in [5.41, 5.74) is 20.8. The van der Waals surface area contributed by atoms with Crippen LogP contribution in [0.3, 0.4) is 0 Å². The Bertz CT molecular complexity index is 2580. The third kappa shape index (κ3) is 2.79. The Labute approximate surface area is 288 Å². The Balaban J connectivity index is 1.33. The molecule has 3 heteroatoms. The van der Waals surface area contributed by atoms with Gasteiger partial charge in [0.1, 0.15) is 0 Å². The van der Waals surface area contributed by atoms with Crippen LogP contribution < -0.4 is 10.4 Å². The van der Waals surface area contributed by atoms with Gasteiger partial charge in [-0.15, -0.1) is 0 Å². The van der Waals surface area contributed by atoms with Crippen molar-refractivity contribution in [1.82, 2.24) is 4.57 Å². The van der Waals surface area contributed by atoms with Crippen molar-refractivity contribution in [3.63, 3.8) is 0 Å². The average molecular weight is 631 g/mol. The third-order valence-corrected chi connectivity index (χ3v) is 14.4. The number of aromatic nitrogens is 1. The topological polar surface area (TPSA) is 8.17 Å². The number of hydrogen-bond acceptors (Lipinski definition) is 1. The normalized spacial score (nSPS) is 26.3. The second kappa shape index (κ2) is 8.51. The Hall–Kier alpha value is -4.76. The molecular formula is C46H39BN2.